The number of amides is 1. The van der Waals surface area contributed by atoms with Crippen molar-refractivity contribution in [1.82, 2.24) is 20.0 Å². The van der Waals surface area contributed by atoms with Gasteiger partial charge in [0, 0.05) is 33.2 Å². The summed E-state index contributed by atoms with van der Waals surface area (Å²) in [5.41, 5.74) is 1.50. The fourth-order valence-electron chi connectivity index (χ4n) is 3.22. The quantitative estimate of drug-likeness (QED) is 0.906. The summed E-state index contributed by atoms with van der Waals surface area (Å²) >= 11 is 0. The van der Waals surface area contributed by atoms with Gasteiger partial charge in [-0.1, -0.05) is 13.8 Å². The summed E-state index contributed by atoms with van der Waals surface area (Å²) in [5, 5.41) is 7.18. The van der Waals surface area contributed by atoms with Crippen molar-refractivity contribution in [1.29, 1.82) is 0 Å². The number of piperidine rings is 1. The molecule has 1 amide bonds. The third-order valence-electron chi connectivity index (χ3n) is 3.89. The Morgan fingerprint density at radius 2 is 2.05 bits per heavy atom. The summed E-state index contributed by atoms with van der Waals surface area (Å²) in [7, 11) is 1.80. The summed E-state index contributed by atoms with van der Waals surface area (Å²) in [6.45, 7) is 10.4. The van der Waals surface area contributed by atoms with Crippen molar-refractivity contribution in [3.8, 4) is 0 Å². The maximum Gasteiger partial charge on any atom is 0.269 e. The standard InChI is InChI=1S/C15H26N4O/c1-11-7-12(2)10-19(9-11)6-5-16-15(20)14-8-13(3)17-18(14)4/h8,11-12H,5-7,9-10H2,1-4H3,(H,16,20)/t11-,12+. The van der Waals surface area contributed by atoms with Gasteiger partial charge in [0.05, 0.1) is 5.69 Å². The predicted octanol–water partition coefficient (Wildman–Crippen LogP) is 1.44. The second-order valence-corrected chi connectivity index (χ2v) is 6.26. The first-order valence-electron chi connectivity index (χ1n) is 7.47. The van der Waals surface area contributed by atoms with Crippen LogP contribution in [-0.4, -0.2) is 46.8 Å². The lowest BCUT2D eigenvalue weighted by Crippen LogP contribution is -2.43. The van der Waals surface area contributed by atoms with Gasteiger partial charge in [0.25, 0.3) is 5.91 Å². The van der Waals surface area contributed by atoms with E-state index in [0.717, 1.165) is 37.2 Å². The number of aryl methyl sites for hydroxylation is 2. The Morgan fingerprint density at radius 1 is 1.40 bits per heavy atom. The van der Waals surface area contributed by atoms with Gasteiger partial charge in [0.15, 0.2) is 0 Å². The molecule has 0 aliphatic carbocycles. The Kier molecular flexibility index (Phi) is 4.81. The minimum Gasteiger partial charge on any atom is -0.349 e. The van der Waals surface area contributed by atoms with E-state index in [2.05, 4.69) is 29.2 Å². The van der Waals surface area contributed by atoms with Gasteiger partial charge < -0.3 is 10.2 Å². The topological polar surface area (TPSA) is 50.2 Å². The summed E-state index contributed by atoms with van der Waals surface area (Å²) in [4.78, 5) is 14.5. The van der Waals surface area contributed by atoms with Crippen molar-refractivity contribution in [2.75, 3.05) is 26.2 Å². The molecule has 1 N–H and O–H groups in total. The summed E-state index contributed by atoms with van der Waals surface area (Å²) in [6.07, 6.45) is 1.32. The zero-order valence-electron chi connectivity index (χ0n) is 13.0. The van der Waals surface area contributed by atoms with E-state index in [0.29, 0.717) is 12.2 Å². The molecule has 1 fully saturated rings. The molecule has 0 saturated carbocycles. The molecule has 1 aliphatic heterocycles. The van der Waals surface area contributed by atoms with Crippen LogP contribution in [0.15, 0.2) is 6.07 Å². The first-order chi connectivity index (χ1) is 9.45. The first-order valence-corrected chi connectivity index (χ1v) is 7.47. The molecule has 1 aromatic rings. The monoisotopic (exact) mass is 278 g/mol. The highest BCUT2D eigenvalue weighted by atomic mass is 16.2. The van der Waals surface area contributed by atoms with Crippen molar-refractivity contribution in [3.05, 3.63) is 17.5 Å². The lowest BCUT2D eigenvalue weighted by atomic mass is 9.92. The van der Waals surface area contributed by atoms with Gasteiger partial charge in [-0.2, -0.15) is 5.10 Å². The third kappa shape index (κ3) is 3.82. The number of nitrogens with zero attached hydrogens (tertiary/aromatic N) is 3. The molecule has 1 saturated heterocycles. The van der Waals surface area contributed by atoms with Crippen LogP contribution in [0.3, 0.4) is 0 Å². The van der Waals surface area contributed by atoms with E-state index in [1.807, 2.05) is 13.0 Å². The average molecular weight is 278 g/mol. The molecule has 0 unspecified atom stereocenters. The number of rotatable bonds is 4. The van der Waals surface area contributed by atoms with Crippen molar-refractivity contribution >= 4 is 5.91 Å². The number of hydrogen-bond acceptors (Lipinski definition) is 3. The molecule has 2 heterocycles. The van der Waals surface area contributed by atoms with Gasteiger partial charge in [0.2, 0.25) is 0 Å². The maximum absolute atomic E-state index is 12.1. The Bertz CT molecular complexity index is 458. The Labute approximate surface area is 121 Å². The van der Waals surface area contributed by atoms with E-state index in [4.69, 9.17) is 0 Å². The lowest BCUT2D eigenvalue weighted by molar-refractivity contribution is 0.0927. The van der Waals surface area contributed by atoms with Gasteiger partial charge in [0.1, 0.15) is 5.69 Å². The van der Waals surface area contributed by atoms with Crippen molar-refractivity contribution in [2.24, 2.45) is 18.9 Å². The van der Waals surface area contributed by atoms with E-state index in [1.54, 1.807) is 11.7 Å². The van der Waals surface area contributed by atoms with Crippen LogP contribution in [0.5, 0.6) is 0 Å². The maximum atomic E-state index is 12.1. The molecule has 0 bridgehead atoms. The number of hydrogen-bond donors (Lipinski definition) is 1. The van der Waals surface area contributed by atoms with E-state index in [-0.39, 0.29) is 5.91 Å². The van der Waals surface area contributed by atoms with Crippen LogP contribution in [-0.2, 0) is 7.05 Å². The van der Waals surface area contributed by atoms with Crippen LogP contribution < -0.4 is 5.32 Å². The molecule has 0 aromatic carbocycles. The van der Waals surface area contributed by atoms with Gasteiger partial charge in [-0.25, -0.2) is 0 Å². The number of nitrogens with one attached hydrogen (secondary N) is 1. The molecule has 20 heavy (non-hydrogen) atoms. The molecule has 2 atom stereocenters. The highest BCUT2D eigenvalue weighted by Gasteiger charge is 2.21. The molecule has 2 rings (SSSR count). The normalized spacial score (nSPS) is 23.8. The minimum absolute atomic E-state index is 0.0359. The number of carbonyl (C=O) groups excluding carboxylic acids is 1. The molecule has 0 radical (unpaired) electrons. The van der Waals surface area contributed by atoms with E-state index in [9.17, 15) is 4.79 Å². The first kappa shape index (κ1) is 15.0. The summed E-state index contributed by atoms with van der Waals surface area (Å²) in [5.74, 6) is 1.48. The largest absolute Gasteiger partial charge is 0.349 e. The predicted molar refractivity (Wildman–Crippen MR) is 79.7 cm³/mol. The van der Waals surface area contributed by atoms with Crippen LogP contribution in [0.1, 0.15) is 36.5 Å². The van der Waals surface area contributed by atoms with E-state index in [1.165, 1.54) is 6.42 Å². The van der Waals surface area contributed by atoms with Crippen LogP contribution in [0, 0.1) is 18.8 Å². The highest BCUT2D eigenvalue weighted by molar-refractivity contribution is 5.92. The molecule has 5 nitrogen and oxygen atoms in total. The fraction of sp³-hybridized carbons (Fsp3) is 0.733. The fourth-order valence-corrected chi connectivity index (χ4v) is 3.22. The van der Waals surface area contributed by atoms with Crippen molar-refractivity contribution in [3.63, 3.8) is 0 Å². The molecule has 5 heteroatoms. The zero-order valence-corrected chi connectivity index (χ0v) is 13.0. The minimum atomic E-state index is -0.0359. The zero-order chi connectivity index (χ0) is 14.7. The molecule has 1 aliphatic rings. The molecule has 112 valence electrons. The van der Waals surface area contributed by atoms with Gasteiger partial charge in [-0.15, -0.1) is 0 Å². The van der Waals surface area contributed by atoms with Crippen molar-refractivity contribution < 1.29 is 4.79 Å². The van der Waals surface area contributed by atoms with Crippen LogP contribution in [0.2, 0.25) is 0 Å². The van der Waals surface area contributed by atoms with Crippen LogP contribution in [0.4, 0.5) is 0 Å². The highest BCUT2D eigenvalue weighted by Crippen LogP contribution is 2.20. The smallest absolute Gasteiger partial charge is 0.269 e. The number of aromatic nitrogens is 2. The molecule has 1 aromatic heterocycles. The summed E-state index contributed by atoms with van der Waals surface area (Å²) < 4.78 is 1.63. The number of carbonyl (C=O) groups is 1. The third-order valence-corrected chi connectivity index (χ3v) is 3.89. The van der Waals surface area contributed by atoms with Gasteiger partial charge >= 0.3 is 0 Å². The Morgan fingerprint density at radius 3 is 2.60 bits per heavy atom. The molecular formula is C15H26N4O. The SMILES string of the molecule is Cc1cc(C(=O)NCCN2C[C@H](C)C[C@H](C)C2)n(C)n1. The van der Waals surface area contributed by atoms with E-state index < -0.39 is 0 Å². The summed E-state index contributed by atoms with van der Waals surface area (Å²) in [6, 6.07) is 1.82. The van der Waals surface area contributed by atoms with E-state index >= 15 is 0 Å². The second-order valence-electron chi connectivity index (χ2n) is 6.26. The Hall–Kier alpha value is -1.36. The lowest BCUT2D eigenvalue weighted by Gasteiger charge is -2.34. The number of likely N-dealkylation sites (tertiary alicyclic amines) is 1. The van der Waals surface area contributed by atoms with Gasteiger partial charge in [-0.05, 0) is 31.2 Å². The van der Waals surface area contributed by atoms with Crippen LogP contribution >= 0.6 is 0 Å². The van der Waals surface area contributed by atoms with Gasteiger partial charge in [-0.3, -0.25) is 9.48 Å². The Balaban J connectivity index is 1.78. The molecule has 0 spiro atoms. The average Bonchev–Trinajstić information content (AvgIpc) is 2.67. The van der Waals surface area contributed by atoms with Crippen LogP contribution in [0.25, 0.3) is 0 Å². The molecular weight excluding hydrogens is 252 g/mol. The second kappa shape index (κ2) is 6.39. The van der Waals surface area contributed by atoms with Crippen molar-refractivity contribution in [2.45, 2.75) is 27.2 Å².